The Labute approximate surface area is 151 Å². The number of hydrogen-bond acceptors (Lipinski definition) is 4. The van der Waals surface area contributed by atoms with E-state index in [1.54, 1.807) is 42.9 Å². The van der Waals surface area contributed by atoms with E-state index in [2.05, 4.69) is 20.6 Å². The third-order valence-corrected chi connectivity index (χ3v) is 3.72. The highest BCUT2D eigenvalue weighted by atomic mass is 16.2. The summed E-state index contributed by atoms with van der Waals surface area (Å²) < 4.78 is 0. The molecule has 2 heterocycles. The molecule has 6 nitrogen and oxygen atoms in total. The van der Waals surface area contributed by atoms with Crippen LogP contribution in [0.1, 0.15) is 15.9 Å². The fraction of sp³-hybridized carbons (Fsp3) is 0.100. The van der Waals surface area contributed by atoms with Gasteiger partial charge in [-0.05, 0) is 35.9 Å². The lowest BCUT2D eigenvalue weighted by molar-refractivity contribution is -0.120. The Balaban J connectivity index is 1.46. The zero-order valence-corrected chi connectivity index (χ0v) is 14.1. The van der Waals surface area contributed by atoms with Crippen LogP contribution in [0.4, 0.5) is 0 Å². The van der Waals surface area contributed by atoms with Crippen molar-refractivity contribution in [3.63, 3.8) is 0 Å². The molecule has 0 spiro atoms. The molecule has 130 valence electrons. The first kappa shape index (κ1) is 17.3. The highest BCUT2D eigenvalue weighted by Crippen LogP contribution is 2.14. The van der Waals surface area contributed by atoms with Crippen molar-refractivity contribution >= 4 is 11.8 Å². The number of nitrogens with one attached hydrogen (secondary N) is 2. The number of benzene rings is 1. The molecule has 0 saturated heterocycles. The Bertz CT molecular complexity index is 865. The summed E-state index contributed by atoms with van der Waals surface area (Å²) in [6.45, 7) is 0.273. The minimum atomic E-state index is -0.275. The van der Waals surface area contributed by atoms with E-state index in [9.17, 15) is 9.59 Å². The number of rotatable bonds is 6. The van der Waals surface area contributed by atoms with Gasteiger partial charge in [0.2, 0.25) is 5.91 Å². The molecule has 0 atom stereocenters. The Morgan fingerprint density at radius 2 is 1.73 bits per heavy atom. The van der Waals surface area contributed by atoms with Crippen LogP contribution in [0.2, 0.25) is 0 Å². The van der Waals surface area contributed by atoms with Gasteiger partial charge in [-0.3, -0.25) is 19.6 Å². The Morgan fingerprint density at radius 1 is 0.885 bits per heavy atom. The molecular weight excluding hydrogens is 328 g/mol. The van der Waals surface area contributed by atoms with E-state index in [0.717, 1.165) is 16.8 Å². The Morgan fingerprint density at radius 3 is 2.42 bits per heavy atom. The fourth-order valence-electron chi connectivity index (χ4n) is 2.33. The summed E-state index contributed by atoms with van der Waals surface area (Å²) in [6.07, 6.45) is 5.17. The topological polar surface area (TPSA) is 84.0 Å². The number of nitrogens with zero attached hydrogens (tertiary/aromatic N) is 2. The highest BCUT2D eigenvalue weighted by Gasteiger charge is 2.07. The number of hydrogen-bond donors (Lipinski definition) is 2. The third kappa shape index (κ3) is 4.73. The van der Waals surface area contributed by atoms with Crippen molar-refractivity contribution in [2.24, 2.45) is 0 Å². The van der Waals surface area contributed by atoms with Gasteiger partial charge in [-0.2, -0.15) is 0 Å². The van der Waals surface area contributed by atoms with Gasteiger partial charge in [-0.25, -0.2) is 0 Å². The molecule has 1 aromatic carbocycles. The van der Waals surface area contributed by atoms with Crippen LogP contribution in [-0.4, -0.2) is 28.3 Å². The molecule has 0 bridgehead atoms. The zero-order chi connectivity index (χ0) is 18.2. The van der Waals surface area contributed by atoms with Gasteiger partial charge < -0.3 is 10.6 Å². The van der Waals surface area contributed by atoms with E-state index in [-0.39, 0.29) is 18.4 Å². The summed E-state index contributed by atoms with van der Waals surface area (Å²) in [7, 11) is 0. The van der Waals surface area contributed by atoms with Crippen molar-refractivity contribution in [1.29, 1.82) is 0 Å². The first-order chi connectivity index (χ1) is 12.7. The second kappa shape index (κ2) is 8.53. The maximum atomic E-state index is 11.9. The molecule has 26 heavy (non-hydrogen) atoms. The van der Waals surface area contributed by atoms with Crippen LogP contribution < -0.4 is 10.6 Å². The molecular formula is C20H18N4O2. The van der Waals surface area contributed by atoms with Crippen LogP contribution in [0.5, 0.6) is 0 Å². The largest absolute Gasteiger partial charge is 0.350 e. The van der Waals surface area contributed by atoms with E-state index in [1.807, 2.05) is 30.3 Å². The van der Waals surface area contributed by atoms with Crippen molar-refractivity contribution in [1.82, 2.24) is 20.6 Å². The summed E-state index contributed by atoms with van der Waals surface area (Å²) in [4.78, 5) is 32.2. The highest BCUT2D eigenvalue weighted by molar-refractivity contribution is 5.96. The minimum absolute atomic E-state index is 0.0745. The second-order valence-corrected chi connectivity index (χ2v) is 5.62. The van der Waals surface area contributed by atoms with Crippen LogP contribution in [0, 0.1) is 0 Å². The number of aromatic nitrogens is 2. The van der Waals surface area contributed by atoms with Gasteiger partial charge in [0.1, 0.15) is 0 Å². The average Bonchev–Trinajstić information content (AvgIpc) is 2.72. The monoisotopic (exact) mass is 346 g/mol. The Hall–Kier alpha value is -3.54. The van der Waals surface area contributed by atoms with Gasteiger partial charge in [0.25, 0.3) is 5.91 Å². The predicted octanol–water partition coefficient (Wildman–Crippen LogP) is 2.19. The first-order valence-electron chi connectivity index (χ1n) is 8.17. The average molecular weight is 346 g/mol. The SMILES string of the molecule is O=C(CNC(=O)c1ccccc1)NCc1ccc(-c2cccnc2)nc1. The molecule has 0 saturated carbocycles. The van der Waals surface area contributed by atoms with Crippen molar-refractivity contribution in [2.75, 3.05) is 6.54 Å². The molecule has 3 rings (SSSR count). The molecule has 0 aliphatic rings. The van der Waals surface area contributed by atoms with Crippen LogP contribution >= 0.6 is 0 Å². The van der Waals surface area contributed by atoms with Gasteiger partial charge in [0.05, 0.1) is 12.2 Å². The molecule has 3 aromatic rings. The summed E-state index contributed by atoms with van der Waals surface area (Å²) in [5.41, 5.74) is 3.16. The number of carbonyl (C=O) groups excluding carboxylic acids is 2. The summed E-state index contributed by atoms with van der Waals surface area (Å²) in [5.74, 6) is -0.533. The minimum Gasteiger partial charge on any atom is -0.350 e. The summed E-state index contributed by atoms with van der Waals surface area (Å²) in [5, 5.41) is 5.35. The zero-order valence-electron chi connectivity index (χ0n) is 14.1. The van der Waals surface area contributed by atoms with Gasteiger partial charge in [0.15, 0.2) is 0 Å². The molecule has 0 aliphatic carbocycles. The summed E-state index contributed by atoms with van der Waals surface area (Å²) in [6, 6.07) is 16.4. The maximum absolute atomic E-state index is 11.9. The van der Waals surface area contributed by atoms with Gasteiger partial charge in [-0.15, -0.1) is 0 Å². The van der Waals surface area contributed by atoms with E-state index in [4.69, 9.17) is 0 Å². The molecule has 0 aliphatic heterocycles. The van der Waals surface area contributed by atoms with Crippen molar-refractivity contribution in [3.8, 4) is 11.3 Å². The van der Waals surface area contributed by atoms with Crippen LogP contribution in [0.3, 0.4) is 0 Å². The van der Waals surface area contributed by atoms with Crippen LogP contribution in [0.25, 0.3) is 11.3 Å². The Kier molecular flexibility index (Phi) is 5.67. The molecule has 0 unspecified atom stereocenters. The smallest absolute Gasteiger partial charge is 0.251 e. The lowest BCUT2D eigenvalue weighted by Gasteiger charge is -2.07. The maximum Gasteiger partial charge on any atom is 0.251 e. The quantitative estimate of drug-likeness (QED) is 0.717. The van der Waals surface area contributed by atoms with Crippen LogP contribution in [0.15, 0.2) is 73.2 Å². The first-order valence-corrected chi connectivity index (χ1v) is 8.17. The van der Waals surface area contributed by atoms with Crippen molar-refractivity contribution in [2.45, 2.75) is 6.54 Å². The van der Waals surface area contributed by atoms with Crippen molar-refractivity contribution in [3.05, 3.63) is 84.3 Å². The lowest BCUT2D eigenvalue weighted by Crippen LogP contribution is -2.36. The third-order valence-electron chi connectivity index (χ3n) is 3.72. The summed E-state index contributed by atoms with van der Waals surface area (Å²) >= 11 is 0. The molecule has 0 fully saturated rings. The van der Waals surface area contributed by atoms with Crippen molar-refractivity contribution < 1.29 is 9.59 Å². The molecule has 6 heteroatoms. The predicted molar refractivity (Wildman–Crippen MR) is 98.1 cm³/mol. The van der Waals surface area contributed by atoms with Crippen LogP contribution in [-0.2, 0) is 11.3 Å². The van der Waals surface area contributed by atoms with E-state index >= 15 is 0 Å². The van der Waals surface area contributed by atoms with E-state index in [0.29, 0.717) is 12.1 Å². The van der Waals surface area contributed by atoms with Gasteiger partial charge in [0, 0.05) is 36.3 Å². The van der Waals surface area contributed by atoms with E-state index < -0.39 is 0 Å². The lowest BCUT2D eigenvalue weighted by atomic mass is 10.1. The van der Waals surface area contributed by atoms with Gasteiger partial charge >= 0.3 is 0 Å². The molecule has 0 radical (unpaired) electrons. The second-order valence-electron chi connectivity index (χ2n) is 5.62. The fourth-order valence-corrected chi connectivity index (χ4v) is 2.33. The number of carbonyl (C=O) groups is 2. The van der Waals surface area contributed by atoms with Gasteiger partial charge in [-0.1, -0.05) is 24.3 Å². The molecule has 2 N–H and O–H groups in total. The number of amides is 2. The van der Waals surface area contributed by atoms with E-state index in [1.165, 1.54) is 0 Å². The molecule has 2 aromatic heterocycles. The standard InChI is InChI=1S/C20H18N4O2/c25-19(14-24-20(26)16-5-2-1-3-6-16)23-12-15-8-9-18(22-11-15)17-7-4-10-21-13-17/h1-11,13H,12,14H2,(H,23,25)(H,24,26). The number of pyridine rings is 2. The normalized spacial score (nSPS) is 10.2. The molecule has 2 amide bonds.